The van der Waals surface area contributed by atoms with Crippen LogP contribution in [-0.2, 0) is 16.1 Å². The Labute approximate surface area is 193 Å². The van der Waals surface area contributed by atoms with Crippen LogP contribution < -0.4 is 10.6 Å². The number of aromatic nitrogens is 5. The first-order valence-corrected chi connectivity index (χ1v) is 10.8. The molecular weight excluding hydrogens is 455 g/mol. The third kappa shape index (κ3) is 5.08. The number of fused-ring (bicyclic) bond motifs is 1. The van der Waals surface area contributed by atoms with Crippen molar-refractivity contribution in [1.29, 1.82) is 0 Å². The highest BCUT2D eigenvalue weighted by atomic mass is 19.3. The van der Waals surface area contributed by atoms with Crippen molar-refractivity contribution in [2.24, 2.45) is 0 Å². The van der Waals surface area contributed by atoms with Gasteiger partial charge in [0.15, 0.2) is 11.6 Å². The van der Waals surface area contributed by atoms with Crippen molar-refractivity contribution in [3.63, 3.8) is 0 Å². The largest absolute Gasteiger partial charge is 0.443 e. The Morgan fingerprint density at radius 3 is 2.82 bits per heavy atom. The Kier molecular flexibility index (Phi) is 6.91. The summed E-state index contributed by atoms with van der Waals surface area (Å²) in [6.07, 6.45) is -3.75. The van der Waals surface area contributed by atoms with Gasteiger partial charge in [-0.25, -0.2) is 27.5 Å². The van der Waals surface area contributed by atoms with Crippen LogP contribution in [0.5, 0.6) is 0 Å². The second-order valence-electron chi connectivity index (χ2n) is 8.42. The lowest BCUT2D eigenvalue weighted by molar-refractivity contribution is 0.0555. The van der Waals surface area contributed by atoms with Crippen molar-refractivity contribution in [2.75, 3.05) is 12.4 Å². The number of hydrogen-bond acceptors (Lipinski definition) is 7. The molecule has 0 unspecified atom stereocenters. The molecule has 3 heterocycles. The van der Waals surface area contributed by atoms with E-state index in [-0.39, 0.29) is 24.3 Å². The van der Waals surface area contributed by atoms with Gasteiger partial charge in [-0.3, -0.25) is 5.10 Å². The number of H-pyrrole nitrogens is 1. The molecule has 4 rings (SSSR count). The van der Waals surface area contributed by atoms with Crippen LogP contribution in [-0.4, -0.2) is 56.3 Å². The predicted octanol–water partition coefficient (Wildman–Crippen LogP) is 4.00. The molecule has 0 aromatic carbocycles. The van der Waals surface area contributed by atoms with Gasteiger partial charge in [-0.05, 0) is 32.8 Å². The van der Waals surface area contributed by atoms with Crippen molar-refractivity contribution >= 4 is 23.2 Å². The zero-order chi connectivity index (χ0) is 24.4. The standard InChI is InChI=1S/C21H26F3N7O3/c1-10(2)25-21(32)34-16-5-4-12(18(16)22)13-7-17(29-28-13)27-20-15-6-11(9-33-3)30-31(15)8-14(26-20)19(23)24/h6-8,10,12,16,18-19H,4-5,9H2,1-3H3,(H,25,32)(H2,26,27,28,29)/t12-,16-,18+/m1/s1. The molecule has 1 amide bonds. The van der Waals surface area contributed by atoms with E-state index < -0.39 is 36.4 Å². The number of ether oxygens (including phenoxy) is 2. The molecule has 3 atom stereocenters. The van der Waals surface area contributed by atoms with Crippen LogP contribution in [0.15, 0.2) is 18.3 Å². The van der Waals surface area contributed by atoms with Crippen LogP contribution in [0.2, 0.25) is 0 Å². The molecule has 1 aliphatic carbocycles. The fourth-order valence-corrected chi connectivity index (χ4v) is 3.97. The molecule has 184 valence electrons. The van der Waals surface area contributed by atoms with Gasteiger partial charge >= 0.3 is 6.09 Å². The van der Waals surface area contributed by atoms with Gasteiger partial charge in [0, 0.05) is 30.8 Å². The molecule has 0 spiro atoms. The summed E-state index contributed by atoms with van der Waals surface area (Å²) in [4.78, 5) is 15.8. The zero-order valence-electron chi connectivity index (χ0n) is 18.9. The van der Waals surface area contributed by atoms with E-state index in [2.05, 4.69) is 30.9 Å². The first kappa shape index (κ1) is 23.8. The quantitative estimate of drug-likeness (QED) is 0.445. The molecule has 3 N–H and O–H groups in total. The fraction of sp³-hybridized carbons (Fsp3) is 0.524. The maximum absolute atomic E-state index is 15.0. The molecule has 1 saturated carbocycles. The Hall–Kier alpha value is -3.35. The lowest BCUT2D eigenvalue weighted by Crippen LogP contribution is -2.36. The van der Waals surface area contributed by atoms with Crippen LogP contribution in [0.1, 0.15) is 56.1 Å². The summed E-state index contributed by atoms with van der Waals surface area (Å²) < 4.78 is 53.3. The van der Waals surface area contributed by atoms with Crippen LogP contribution in [0.4, 0.5) is 29.6 Å². The van der Waals surface area contributed by atoms with E-state index in [0.717, 1.165) is 6.20 Å². The molecular formula is C21H26F3N7O3. The number of aromatic amines is 1. The second-order valence-corrected chi connectivity index (χ2v) is 8.42. The summed E-state index contributed by atoms with van der Waals surface area (Å²) in [6, 6.07) is 3.14. The summed E-state index contributed by atoms with van der Waals surface area (Å²) in [6.45, 7) is 3.77. The Morgan fingerprint density at radius 1 is 1.32 bits per heavy atom. The minimum absolute atomic E-state index is 0.117. The third-order valence-corrected chi connectivity index (χ3v) is 5.45. The molecule has 10 nitrogen and oxygen atoms in total. The van der Waals surface area contributed by atoms with Crippen molar-refractivity contribution in [3.8, 4) is 0 Å². The molecule has 3 aromatic heterocycles. The first-order valence-electron chi connectivity index (χ1n) is 10.8. The monoisotopic (exact) mass is 481 g/mol. The summed E-state index contributed by atoms with van der Waals surface area (Å²) in [7, 11) is 1.50. The minimum atomic E-state index is -2.80. The minimum Gasteiger partial charge on any atom is -0.443 e. The smallest absolute Gasteiger partial charge is 0.407 e. The van der Waals surface area contributed by atoms with Crippen LogP contribution in [0.3, 0.4) is 0 Å². The maximum atomic E-state index is 15.0. The van der Waals surface area contributed by atoms with E-state index >= 15 is 4.39 Å². The summed E-state index contributed by atoms with van der Waals surface area (Å²) >= 11 is 0. The van der Waals surface area contributed by atoms with E-state index in [4.69, 9.17) is 9.47 Å². The number of halogens is 3. The van der Waals surface area contributed by atoms with Crippen LogP contribution in [0, 0.1) is 0 Å². The molecule has 0 radical (unpaired) electrons. The average Bonchev–Trinajstić information content (AvgIpc) is 3.47. The molecule has 0 bridgehead atoms. The fourth-order valence-electron chi connectivity index (χ4n) is 3.97. The predicted molar refractivity (Wildman–Crippen MR) is 116 cm³/mol. The van der Waals surface area contributed by atoms with Gasteiger partial charge in [-0.15, -0.1) is 0 Å². The highest BCUT2D eigenvalue weighted by Gasteiger charge is 2.41. The molecule has 13 heteroatoms. The summed E-state index contributed by atoms with van der Waals surface area (Å²) in [5.74, 6) is -0.150. The number of methoxy groups -OCH3 is 1. The average molecular weight is 481 g/mol. The van der Waals surface area contributed by atoms with E-state index in [9.17, 15) is 13.6 Å². The van der Waals surface area contributed by atoms with E-state index in [0.29, 0.717) is 29.7 Å². The number of anilines is 2. The number of nitrogens with one attached hydrogen (secondary N) is 3. The van der Waals surface area contributed by atoms with Crippen molar-refractivity contribution in [2.45, 2.75) is 64.0 Å². The molecule has 1 fully saturated rings. The van der Waals surface area contributed by atoms with Gasteiger partial charge in [0.25, 0.3) is 6.43 Å². The normalized spacial score (nSPS) is 20.4. The SMILES string of the molecule is COCc1cc2c(Nc3cc([C@H]4CC[C@@H](OC(=O)NC(C)C)[C@H]4F)[nH]n3)nc(C(F)F)cn2n1. The molecule has 1 aliphatic rings. The Morgan fingerprint density at radius 2 is 2.12 bits per heavy atom. The number of rotatable bonds is 8. The van der Waals surface area contributed by atoms with E-state index in [1.54, 1.807) is 26.0 Å². The lowest BCUT2D eigenvalue weighted by Gasteiger charge is -2.18. The summed E-state index contributed by atoms with van der Waals surface area (Å²) in [5, 5.41) is 16.6. The molecule has 3 aromatic rings. The van der Waals surface area contributed by atoms with Crippen LogP contribution >= 0.6 is 0 Å². The van der Waals surface area contributed by atoms with Crippen LogP contribution in [0.25, 0.3) is 5.52 Å². The number of nitrogens with zero attached hydrogens (tertiary/aromatic N) is 4. The van der Waals surface area contributed by atoms with Gasteiger partial charge in [0.05, 0.1) is 18.5 Å². The number of amides is 1. The number of alkyl halides is 3. The van der Waals surface area contributed by atoms with Gasteiger partial charge in [0.2, 0.25) is 0 Å². The second kappa shape index (κ2) is 9.87. The van der Waals surface area contributed by atoms with Gasteiger partial charge < -0.3 is 20.1 Å². The van der Waals surface area contributed by atoms with Crippen molar-refractivity contribution < 1.29 is 27.4 Å². The Bertz CT molecular complexity index is 1150. The van der Waals surface area contributed by atoms with Crippen molar-refractivity contribution in [1.82, 2.24) is 30.1 Å². The summed E-state index contributed by atoms with van der Waals surface area (Å²) in [5.41, 5.74) is 1.03. The first-order chi connectivity index (χ1) is 16.2. The molecule has 34 heavy (non-hydrogen) atoms. The van der Waals surface area contributed by atoms with Gasteiger partial charge in [-0.2, -0.15) is 10.2 Å². The van der Waals surface area contributed by atoms with E-state index in [1.807, 2.05) is 0 Å². The molecule has 0 saturated heterocycles. The van der Waals surface area contributed by atoms with Crippen molar-refractivity contribution in [3.05, 3.63) is 35.4 Å². The Balaban J connectivity index is 1.51. The number of carbonyl (C=O) groups is 1. The maximum Gasteiger partial charge on any atom is 0.407 e. The highest BCUT2D eigenvalue weighted by Crippen LogP contribution is 2.38. The zero-order valence-corrected chi connectivity index (χ0v) is 18.9. The van der Waals surface area contributed by atoms with Gasteiger partial charge in [0.1, 0.15) is 23.5 Å². The number of carbonyl (C=O) groups excluding carboxylic acids is 1. The van der Waals surface area contributed by atoms with E-state index in [1.165, 1.54) is 11.6 Å². The van der Waals surface area contributed by atoms with Gasteiger partial charge in [-0.1, -0.05) is 0 Å². The lowest BCUT2D eigenvalue weighted by atomic mass is 10.0. The third-order valence-electron chi connectivity index (χ3n) is 5.45. The topological polar surface area (TPSA) is 118 Å². The molecule has 0 aliphatic heterocycles. The number of alkyl carbamates (subject to hydrolysis) is 1. The number of hydrogen-bond donors (Lipinski definition) is 3. The highest BCUT2D eigenvalue weighted by molar-refractivity contribution is 5.72.